The predicted octanol–water partition coefficient (Wildman–Crippen LogP) is 10.9. The molecule has 0 bridgehead atoms. The number of aromatic nitrogens is 6. The zero-order valence-electron chi connectivity index (χ0n) is 28.0. The molecule has 6 heteroatoms. The second-order valence-electron chi connectivity index (χ2n) is 12.4. The number of hydrogen-bond donors (Lipinski definition) is 0. The molecule has 0 unspecified atom stereocenters. The zero-order chi connectivity index (χ0) is 34.7. The Morgan fingerprint density at radius 2 is 0.673 bits per heavy atom. The van der Waals surface area contributed by atoms with Crippen LogP contribution in [0.5, 0.6) is 0 Å². The topological polar surface area (TPSA) is 77.3 Å². The third kappa shape index (κ3) is 6.10. The van der Waals surface area contributed by atoms with E-state index < -0.39 is 0 Å². The van der Waals surface area contributed by atoms with Gasteiger partial charge in [-0.05, 0) is 18.2 Å². The summed E-state index contributed by atoms with van der Waals surface area (Å²) in [6, 6.07) is 59.0. The van der Waals surface area contributed by atoms with E-state index in [1.807, 2.05) is 134 Å². The lowest BCUT2D eigenvalue weighted by Crippen LogP contribution is -2.02. The van der Waals surface area contributed by atoms with Gasteiger partial charge in [-0.15, -0.1) is 0 Å². The van der Waals surface area contributed by atoms with Crippen LogP contribution in [0, 0.1) is 0 Å². The molecule has 0 radical (unpaired) electrons. The molecule has 0 aliphatic carbocycles. The van der Waals surface area contributed by atoms with Crippen molar-refractivity contribution < 1.29 is 0 Å². The number of benzene rings is 6. The van der Waals surface area contributed by atoms with Gasteiger partial charge < -0.3 is 0 Å². The lowest BCUT2D eigenvalue weighted by atomic mass is 9.98. The first-order chi connectivity index (χ1) is 25.8. The van der Waals surface area contributed by atoms with Crippen LogP contribution in [0.1, 0.15) is 0 Å². The minimum Gasteiger partial charge on any atom is -0.256 e. The van der Waals surface area contributed by atoms with Crippen molar-refractivity contribution in [3.63, 3.8) is 0 Å². The summed E-state index contributed by atoms with van der Waals surface area (Å²) in [4.78, 5) is 30.6. The number of nitrogens with zero attached hydrogens (tertiary/aromatic N) is 6. The molecule has 0 aliphatic heterocycles. The summed E-state index contributed by atoms with van der Waals surface area (Å²) in [6.07, 6.45) is 1.89. The first-order valence-corrected chi connectivity index (χ1v) is 17.1. The van der Waals surface area contributed by atoms with E-state index in [4.69, 9.17) is 29.9 Å². The van der Waals surface area contributed by atoms with Crippen molar-refractivity contribution in [3.8, 4) is 79.2 Å². The van der Waals surface area contributed by atoms with Crippen LogP contribution < -0.4 is 0 Å². The minimum atomic E-state index is 0.575. The highest BCUT2D eigenvalue weighted by Gasteiger charge is 2.21. The third-order valence-electron chi connectivity index (χ3n) is 8.95. The highest BCUT2D eigenvalue weighted by molar-refractivity contribution is 5.90. The number of fused-ring (bicyclic) bond motifs is 1. The van der Waals surface area contributed by atoms with Crippen LogP contribution in [0.15, 0.2) is 182 Å². The molecular formula is C46H30N6. The van der Waals surface area contributed by atoms with Crippen molar-refractivity contribution in [1.82, 2.24) is 29.9 Å². The summed E-state index contributed by atoms with van der Waals surface area (Å²) >= 11 is 0. The van der Waals surface area contributed by atoms with E-state index in [1.54, 1.807) is 0 Å². The molecule has 6 aromatic carbocycles. The molecule has 0 atom stereocenters. The third-order valence-corrected chi connectivity index (χ3v) is 8.95. The molecule has 6 nitrogen and oxygen atoms in total. The number of rotatable bonds is 7. The van der Waals surface area contributed by atoms with Gasteiger partial charge in [-0.1, -0.05) is 158 Å². The van der Waals surface area contributed by atoms with Gasteiger partial charge in [0.25, 0.3) is 0 Å². The summed E-state index contributed by atoms with van der Waals surface area (Å²) in [5.74, 6) is 1.80. The maximum absolute atomic E-state index is 5.47. The molecule has 0 saturated heterocycles. The fourth-order valence-electron chi connectivity index (χ4n) is 6.38. The molecule has 0 fully saturated rings. The molecule has 52 heavy (non-hydrogen) atoms. The Labute approximate surface area is 301 Å². The monoisotopic (exact) mass is 666 g/mol. The maximum Gasteiger partial charge on any atom is 0.164 e. The van der Waals surface area contributed by atoms with Gasteiger partial charge in [0.2, 0.25) is 0 Å². The average molecular weight is 667 g/mol. The molecule has 0 saturated carbocycles. The standard InChI is InChI=1S/C46H30N6/c1-5-16-31(17-6-1)40-42(48-41(32-18-7-2-8-19-32)43(49-40)38-28-35-24-13-14-27-39(35)47-30-38)36-25-15-26-37(29-36)46-51-44(33-20-9-3-10-21-33)50-45(52-46)34-22-11-4-12-23-34/h1-30H. The second kappa shape index (κ2) is 13.6. The Bertz CT molecular complexity index is 2610. The Morgan fingerprint density at radius 1 is 0.269 bits per heavy atom. The molecule has 0 aliphatic rings. The maximum atomic E-state index is 5.47. The van der Waals surface area contributed by atoms with E-state index in [0.717, 1.165) is 72.6 Å². The van der Waals surface area contributed by atoms with Gasteiger partial charge in [0.15, 0.2) is 17.5 Å². The summed E-state index contributed by atoms with van der Waals surface area (Å²) in [7, 11) is 0. The summed E-state index contributed by atoms with van der Waals surface area (Å²) in [5, 5.41) is 1.04. The van der Waals surface area contributed by atoms with Crippen LogP contribution in [0.25, 0.3) is 90.1 Å². The van der Waals surface area contributed by atoms with E-state index in [-0.39, 0.29) is 0 Å². The summed E-state index contributed by atoms with van der Waals surface area (Å²) in [6.45, 7) is 0. The van der Waals surface area contributed by atoms with Crippen molar-refractivity contribution in [3.05, 3.63) is 182 Å². The SMILES string of the molecule is c1ccc(-c2nc(-c3ccccc3)nc(-c3cccc(-c4nc(-c5ccccc5)c(-c5cnc6ccccc6c5)nc4-c4ccccc4)c3)n2)cc1. The molecule has 0 spiro atoms. The number of pyridine rings is 1. The van der Waals surface area contributed by atoms with Crippen molar-refractivity contribution in [1.29, 1.82) is 0 Å². The van der Waals surface area contributed by atoms with E-state index >= 15 is 0 Å². The lowest BCUT2D eigenvalue weighted by molar-refractivity contribution is 1.07. The second-order valence-corrected chi connectivity index (χ2v) is 12.4. The lowest BCUT2D eigenvalue weighted by Gasteiger charge is -2.16. The predicted molar refractivity (Wildman–Crippen MR) is 209 cm³/mol. The van der Waals surface area contributed by atoms with Gasteiger partial charge in [0.1, 0.15) is 0 Å². The Kier molecular flexibility index (Phi) is 8.08. The van der Waals surface area contributed by atoms with Crippen molar-refractivity contribution >= 4 is 10.9 Å². The first-order valence-electron chi connectivity index (χ1n) is 17.1. The van der Waals surface area contributed by atoms with Gasteiger partial charge in [0.05, 0.1) is 28.3 Å². The van der Waals surface area contributed by atoms with Crippen LogP contribution in [0.3, 0.4) is 0 Å². The molecule has 244 valence electrons. The minimum absolute atomic E-state index is 0.575. The Hall–Kier alpha value is -7.18. The molecule has 0 amide bonds. The molecule has 3 heterocycles. The average Bonchev–Trinajstić information content (AvgIpc) is 3.24. The van der Waals surface area contributed by atoms with Crippen molar-refractivity contribution in [2.75, 3.05) is 0 Å². The van der Waals surface area contributed by atoms with Gasteiger partial charge in [-0.2, -0.15) is 0 Å². The molecule has 9 rings (SSSR count). The van der Waals surface area contributed by atoms with Crippen molar-refractivity contribution in [2.45, 2.75) is 0 Å². The van der Waals surface area contributed by atoms with E-state index in [2.05, 4.69) is 48.5 Å². The quantitative estimate of drug-likeness (QED) is 0.168. The molecule has 9 aromatic rings. The van der Waals surface area contributed by atoms with Crippen LogP contribution in [-0.2, 0) is 0 Å². The fourth-order valence-corrected chi connectivity index (χ4v) is 6.38. The van der Waals surface area contributed by atoms with Crippen LogP contribution in [-0.4, -0.2) is 29.9 Å². The fraction of sp³-hybridized carbons (Fsp3) is 0. The van der Waals surface area contributed by atoms with E-state index in [0.29, 0.717) is 17.5 Å². The molecule has 3 aromatic heterocycles. The van der Waals surface area contributed by atoms with Crippen LogP contribution >= 0.6 is 0 Å². The highest BCUT2D eigenvalue weighted by atomic mass is 15.0. The normalized spacial score (nSPS) is 11.1. The van der Waals surface area contributed by atoms with E-state index in [1.165, 1.54) is 0 Å². The van der Waals surface area contributed by atoms with Gasteiger partial charge in [-0.25, -0.2) is 24.9 Å². The molecular weight excluding hydrogens is 637 g/mol. The Balaban J connectivity index is 1.26. The number of hydrogen-bond acceptors (Lipinski definition) is 6. The molecule has 0 N–H and O–H groups in total. The summed E-state index contributed by atoms with van der Waals surface area (Å²) < 4.78 is 0. The van der Waals surface area contributed by atoms with Gasteiger partial charge in [0, 0.05) is 50.5 Å². The Morgan fingerprint density at radius 3 is 1.23 bits per heavy atom. The summed E-state index contributed by atoms with van der Waals surface area (Å²) in [5.41, 5.74) is 10.4. The zero-order valence-corrected chi connectivity index (χ0v) is 28.0. The smallest absolute Gasteiger partial charge is 0.164 e. The van der Waals surface area contributed by atoms with Gasteiger partial charge in [-0.3, -0.25) is 4.98 Å². The van der Waals surface area contributed by atoms with Crippen LogP contribution in [0.2, 0.25) is 0 Å². The highest BCUT2D eigenvalue weighted by Crippen LogP contribution is 2.38. The largest absolute Gasteiger partial charge is 0.256 e. The van der Waals surface area contributed by atoms with Crippen molar-refractivity contribution in [2.24, 2.45) is 0 Å². The number of para-hydroxylation sites is 1. The van der Waals surface area contributed by atoms with Gasteiger partial charge >= 0.3 is 0 Å². The first kappa shape index (κ1) is 30.8. The van der Waals surface area contributed by atoms with Crippen LogP contribution in [0.4, 0.5) is 0 Å². The van der Waals surface area contributed by atoms with E-state index in [9.17, 15) is 0 Å².